The maximum atomic E-state index is 3.32. The molecule has 0 aromatic rings. The summed E-state index contributed by atoms with van der Waals surface area (Å²) in [6, 6.07) is 0. The second-order valence-corrected chi connectivity index (χ2v) is 2.96. The second-order valence-electron chi connectivity index (χ2n) is 2.96. The molecule has 0 aliphatic carbocycles. The monoisotopic (exact) mass is 166 g/mol. The minimum Gasteiger partial charge on any atom is -0.375 e. The molecule has 0 saturated carbocycles. The summed E-state index contributed by atoms with van der Waals surface area (Å²) in [4.78, 5) is 2.34. The summed E-state index contributed by atoms with van der Waals surface area (Å²) >= 11 is 0. The molecule has 68 valence electrons. The number of nitrogens with one attached hydrogen (secondary N) is 1. The highest BCUT2D eigenvalue weighted by atomic mass is 15.2. The average Bonchev–Trinajstić information content (AvgIpc) is 2.14. The first-order valence-electron chi connectivity index (χ1n) is 4.71. The van der Waals surface area contributed by atoms with Crippen LogP contribution in [0.15, 0.2) is 24.4 Å². The lowest BCUT2D eigenvalue weighted by Crippen LogP contribution is -2.40. The van der Waals surface area contributed by atoms with Crippen molar-refractivity contribution in [3.05, 3.63) is 24.4 Å². The first-order chi connectivity index (χ1) is 5.93. The molecular formula is C10H18N2. The summed E-state index contributed by atoms with van der Waals surface area (Å²) in [5.74, 6) is 0. The molecule has 1 saturated heterocycles. The van der Waals surface area contributed by atoms with Gasteiger partial charge in [0.2, 0.25) is 0 Å². The molecule has 1 aliphatic heterocycles. The van der Waals surface area contributed by atoms with Crippen molar-refractivity contribution in [3.63, 3.8) is 0 Å². The van der Waals surface area contributed by atoms with Gasteiger partial charge in [-0.1, -0.05) is 19.1 Å². The maximum absolute atomic E-state index is 3.32. The summed E-state index contributed by atoms with van der Waals surface area (Å²) in [5.41, 5.74) is 0. The lowest BCUT2D eigenvalue weighted by Gasteiger charge is -2.25. The number of rotatable bonds is 3. The smallest absolute Gasteiger partial charge is 0.0298 e. The molecular weight excluding hydrogens is 148 g/mol. The Labute approximate surface area is 74.9 Å². The summed E-state index contributed by atoms with van der Waals surface area (Å²) in [5, 5.41) is 3.32. The molecule has 2 heteroatoms. The van der Waals surface area contributed by atoms with Gasteiger partial charge in [0.15, 0.2) is 0 Å². The Morgan fingerprint density at radius 3 is 2.67 bits per heavy atom. The normalized spacial score (nSPS) is 19.6. The number of piperazine rings is 1. The Morgan fingerprint density at radius 1 is 1.25 bits per heavy atom. The number of hydrogen-bond donors (Lipinski definition) is 1. The molecule has 0 atom stereocenters. The van der Waals surface area contributed by atoms with Crippen molar-refractivity contribution in [2.24, 2.45) is 0 Å². The molecule has 1 aliphatic rings. The SMILES string of the molecule is CC/C=C/C=C/N1CCNCC1. The van der Waals surface area contributed by atoms with Crippen molar-refractivity contribution in [2.75, 3.05) is 26.2 Å². The quantitative estimate of drug-likeness (QED) is 0.637. The van der Waals surface area contributed by atoms with Gasteiger partial charge in [-0.2, -0.15) is 0 Å². The fraction of sp³-hybridized carbons (Fsp3) is 0.600. The highest BCUT2D eigenvalue weighted by Crippen LogP contribution is 1.93. The van der Waals surface area contributed by atoms with E-state index in [1.807, 2.05) is 0 Å². The molecule has 2 nitrogen and oxygen atoms in total. The molecule has 0 aromatic carbocycles. The zero-order valence-electron chi connectivity index (χ0n) is 7.79. The van der Waals surface area contributed by atoms with Crippen LogP contribution in [0.3, 0.4) is 0 Å². The molecule has 1 fully saturated rings. The third-order valence-corrected chi connectivity index (χ3v) is 1.93. The second kappa shape index (κ2) is 5.84. The Balaban J connectivity index is 2.19. The van der Waals surface area contributed by atoms with Crippen molar-refractivity contribution in [1.29, 1.82) is 0 Å². The van der Waals surface area contributed by atoms with Gasteiger partial charge in [-0.15, -0.1) is 0 Å². The van der Waals surface area contributed by atoms with Crippen molar-refractivity contribution in [3.8, 4) is 0 Å². The van der Waals surface area contributed by atoms with Gasteiger partial charge in [0.25, 0.3) is 0 Å². The Morgan fingerprint density at radius 2 is 2.00 bits per heavy atom. The van der Waals surface area contributed by atoms with Crippen LogP contribution in [0.2, 0.25) is 0 Å². The fourth-order valence-corrected chi connectivity index (χ4v) is 1.22. The molecule has 0 radical (unpaired) electrons. The van der Waals surface area contributed by atoms with Crippen molar-refractivity contribution >= 4 is 0 Å². The number of nitrogens with zero attached hydrogens (tertiary/aromatic N) is 1. The minimum atomic E-state index is 1.11. The Kier molecular flexibility index (Phi) is 4.54. The maximum Gasteiger partial charge on any atom is 0.0298 e. The summed E-state index contributed by atoms with van der Waals surface area (Å²) in [7, 11) is 0. The third-order valence-electron chi connectivity index (χ3n) is 1.93. The van der Waals surface area contributed by atoms with Gasteiger partial charge in [-0.25, -0.2) is 0 Å². The Hall–Kier alpha value is -0.760. The molecule has 1 rings (SSSR count). The van der Waals surface area contributed by atoms with E-state index in [0.29, 0.717) is 0 Å². The number of hydrogen-bond acceptors (Lipinski definition) is 2. The van der Waals surface area contributed by atoms with E-state index in [1.54, 1.807) is 0 Å². The summed E-state index contributed by atoms with van der Waals surface area (Å²) in [6.45, 7) is 6.64. The van der Waals surface area contributed by atoms with Crippen molar-refractivity contribution in [2.45, 2.75) is 13.3 Å². The molecule has 0 unspecified atom stereocenters. The van der Waals surface area contributed by atoms with E-state index < -0.39 is 0 Å². The van der Waals surface area contributed by atoms with Crippen LogP contribution in [0.4, 0.5) is 0 Å². The van der Waals surface area contributed by atoms with Gasteiger partial charge in [0.1, 0.15) is 0 Å². The lowest BCUT2D eigenvalue weighted by atomic mass is 10.3. The van der Waals surface area contributed by atoms with E-state index in [0.717, 1.165) is 32.6 Å². The molecule has 0 aromatic heterocycles. The van der Waals surface area contributed by atoms with Gasteiger partial charge in [0.05, 0.1) is 0 Å². The third kappa shape index (κ3) is 3.58. The molecule has 1 heterocycles. The number of allylic oxidation sites excluding steroid dienone is 3. The van der Waals surface area contributed by atoms with Crippen LogP contribution in [0.1, 0.15) is 13.3 Å². The average molecular weight is 166 g/mol. The zero-order chi connectivity index (χ0) is 8.65. The zero-order valence-corrected chi connectivity index (χ0v) is 7.79. The highest BCUT2D eigenvalue weighted by Gasteiger charge is 2.02. The van der Waals surface area contributed by atoms with Crippen LogP contribution in [0.25, 0.3) is 0 Å². The standard InChI is InChI=1S/C10H18N2/c1-2-3-4-5-8-12-9-6-11-7-10-12/h3-5,8,11H,2,6-7,9-10H2,1H3/b4-3+,8-5+. The van der Waals surface area contributed by atoms with Crippen LogP contribution >= 0.6 is 0 Å². The van der Waals surface area contributed by atoms with Gasteiger partial charge < -0.3 is 10.2 Å². The van der Waals surface area contributed by atoms with Crippen LogP contribution in [0, 0.1) is 0 Å². The Bertz CT molecular complexity index is 155. The molecule has 0 spiro atoms. The summed E-state index contributed by atoms with van der Waals surface area (Å²) in [6.07, 6.45) is 9.69. The summed E-state index contributed by atoms with van der Waals surface area (Å²) < 4.78 is 0. The lowest BCUT2D eigenvalue weighted by molar-refractivity contribution is 0.324. The van der Waals surface area contributed by atoms with Gasteiger partial charge >= 0.3 is 0 Å². The van der Waals surface area contributed by atoms with Gasteiger partial charge in [-0.3, -0.25) is 0 Å². The van der Waals surface area contributed by atoms with E-state index in [-0.39, 0.29) is 0 Å². The van der Waals surface area contributed by atoms with E-state index in [1.165, 1.54) is 0 Å². The van der Waals surface area contributed by atoms with Crippen LogP contribution in [-0.2, 0) is 0 Å². The van der Waals surface area contributed by atoms with E-state index >= 15 is 0 Å². The predicted molar refractivity (Wildman–Crippen MR) is 53.0 cm³/mol. The molecule has 0 amide bonds. The molecule has 0 bridgehead atoms. The largest absolute Gasteiger partial charge is 0.375 e. The van der Waals surface area contributed by atoms with Crippen LogP contribution < -0.4 is 5.32 Å². The van der Waals surface area contributed by atoms with Crippen LogP contribution in [0.5, 0.6) is 0 Å². The highest BCUT2D eigenvalue weighted by molar-refractivity contribution is 5.02. The molecule has 12 heavy (non-hydrogen) atoms. The van der Waals surface area contributed by atoms with E-state index in [9.17, 15) is 0 Å². The van der Waals surface area contributed by atoms with Gasteiger partial charge in [-0.05, 0) is 18.7 Å². The van der Waals surface area contributed by atoms with E-state index in [2.05, 4.69) is 41.6 Å². The first kappa shape index (κ1) is 9.33. The predicted octanol–water partition coefficient (Wildman–Crippen LogP) is 1.37. The first-order valence-corrected chi connectivity index (χ1v) is 4.71. The van der Waals surface area contributed by atoms with Crippen molar-refractivity contribution < 1.29 is 0 Å². The van der Waals surface area contributed by atoms with E-state index in [4.69, 9.17) is 0 Å². The van der Waals surface area contributed by atoms with Crippen LogP contribution in [-0.4, -0.2) is 31.1 Å². The molecule has 1 N–H and O–H groups in total. The minimum absolute atomic E-state index is 1.11. The van der Waals surface area contributed by atoms with Crippen molar-refractivity contribution in [1.82, 2.24) is 10.2 Å². The van der Waals surface area contributed by atoms with Gasteiger partial charge in [0, 0.05) is 26.2 Å². The topological polar surface area (TPSA) is 15.3 Å². The fourth-order valence-electron chi connectivity index (χ4n) is 1.22.